The largest absolute Gasteiger partial charge is 0.371 e. The van der Waals surface area contributed by atoms with Crippen molar-refractivity contribution in [2.75, 3.05) is 7.11 Å². The van der Waals surface area contributed by atoms with Gasteiger partial charge in [-0.25, -0.2) is 0 Å². The second-order valence-electron chi connectivity index (χ2n) is 3.34. The van der Waals surface area contributed by atoms with Crippen molar-refractivity contribution in [2.45, 2.75) is 32.0 Å². The first-order valence-electron chi connectivity index (χ1n) is 3.87. The molecule has 2 atom stereocenters. The van der Waals surface area contributed by atoms with E-state index in [4.69, 9.17) is 11.2 Å². The van der Waals surface area contributed by atoms with E-state index in [9.17, 15) is 5.11 Å². The Morgan fingerprint density at radius 3 is 2.17 bits per heavy atom. The Morgan fingerprint density at radius 1 is 1.42 bits per heavy atom. The molecule has 0 bridgehead atoms. The molecule has 0 saturated carbocycles. The molecule has 1 aliphatic carbocycles. The molecule has 12 heavy (non-hydrogen) atoms. The highest BCUT2D eigenvalue weighted by molar-refractivity contribution is 5.52. The maximum atomic E-state index is 9.96. The van der Waals surface area contributed by atoms with E-state index >= 15 is 0 Å². The van der Waals surface area contributed by atoms with Crippen molar-refractivity contribution in [2.24, 2.45) is 0 Å². The maximum absolute atomic E-state index is 9.96. The van der Waals surface area contributed by atoms with Crippen molar-refractivity contribution >= 4 is 0 Å². The summed E-state index contributed by atoms with van der Waals surface area (Å²) < 4.78 is 5.21. The van der Waals surface area contributed by atoms with Crippen LogP contribution in [0.2, 0.25) is 0 Å². The number of hydrogen-bond acceptors (Lipinski definition) is 2. The first-order valence-corrected chi connectivity index (χ1v) is 3.87. The quantitative estimate of drug-likeness (QED) is 0.467. The minimum atomic E-state index is -1.22. The van der Waals surface area contributed by atoms with Crippen LogP contribution in [0.15, 0.2) is 11.1 Å². The molecule has 0 spiro atoms. The van der Waals surface area contributed by atoms with E-state index < -0.39 is 11.2 Å². The van der Waals surface area contributed by atoms with Crippen LogP contribution in [0.3, 0.4) is 0 Å². The van der Waals surface area contributed by atoms with E-state index in [0.29, 0.717) is 0 Å². The van der Waals surface area contributed by atoms with Gasteiger partial charge in [0, 0.05) is 7.11 Å². The van der Waals surface area contributed by atoms with E-state index in [0.717, 1.165) is 11.1 Å². The normalized spacial score (nSPS) is 40.7. The van der Waals surface area contributed by atoms with Crippen molar-refractivity contribution in [3.05, 3.63) is 11.1 Å². The number of ether oxygens (including phenoxy) is 1. The zero-order chi connectivity index (χ0) is 9.57. The van der Waals surface area contributed by atoms with Gasteiger partial charge in [-0.2, -0.15) is 0 Å². The summed E-state index contributed by atoms with van der Waals surface area (Å²) in [7, 11) is 1.55. The van der Waals surface area contributed by atoms with E-state index in [1.807, 2.05) is 13.8 Å². The van der Waals surface area contributed by atoms with Gasteiger partial charge in [-0.1, -0.05) is 5.92 Å². The predicted molar refractivity (Wildman–Crippen MR) is 47.6 cm³/mol. The van der Waals surface area contributed by atoms with Crippen LogP contribution in [0.25, 0.3) is 0 Å². The van der Waals surface area contributed by atoms with Crippen molar-refractivity contribution in [3.8, 4) is 12.3 Å². The molecule has 1 rings (SSSR count). The Balaban J connectivity index is 3.21. The molecule has 0 aliphatic heterocycles. The predicted octanol–water partition coefficient (Wildman–Crippen LogP) is 1.11. The van der Waals surface area contributed by atoms with Crippen LogP contribution in [0.1, 0.15) is 20.8 Å². The van der Waals surface area contributed by atoms with Gasteiger partial charge in [-0.05, 0) is 31.9 Å². The van der Waals surface area contributed by atoms with Crippen LogP contribution in [-0.4, -0.2) is 23.4 Å². The average molecular weight is 166 g/mol. The summed E-state index contributed by atoms with van der Waals surface area (Å²) in [5, 5.41) is 9.96. The van der Waals surface area contributed by atoms with Gasteiger partial charge >= 0.3 is 0 Å². The Labute approximate surface area is 73.2 Å². The molecule has 0 aromatic rings. The fraction of sp³-hybridized carbons (Fsp3) is 0.600. The molecule has 2 heteroatoms. The molecule has 0 unspecified atom stereocenters. The molecular weight excluding hydrogens is 152 g/mol. The minimum Gasteiger partial charge on any atom is -0.371 e. The highest BCUT2D eigenvalue weighted by Crippen LogP contribution is 2.48. The minimum absolute atomic E-state index is 0.703. The standard InChI is InChI=1S/C10H14O2/c1-6-10(11)8(3)7(2)9(10,4)12-5/h1,11H,2-5H3/t9-,10+/m1/s1. The van der Waals surface area contributed by atoms with Crippen molar-refractivity contribution in [1.29, 1.82) is 0 Å². The summed E-state index contributed by atoms with van der Waals surface area (Å²) in [6, 6.07) is 0. The van der Waals surface area contributed by atoms with Crippen molar-refractivity contribution < 1.29 is 9.84 Å². The molecule has 66 valence electrons. The number of aliphatic hydroxyl groups is 1. The summed E-state index contributed by atoms with van der Waals surface area (Å²) >= 11 is 0. The second kappa shape index (κ2) is 2.35. The van der Waals surface area contributed by atoms with E-state index in [1.54, 1.807) is 14.0 Å². The number of terminal acetylenes is 1. The smallest absolute Gasteiger partial charge is 0.179 e. The number of methoxy groups -OCH3 is 1. The zero-order valence-electron chi connectivity index (χ0n) is 7.93. The lowest BCUT2D eigenvalue weighted by Crippen LogP contribution is -2.62. The zero-order valence-corrected chi connectivity index (χ0v) is 7.93. The van der Waals surface area contributed by atoms with Crippen molar-refractivity contribution in [3.63, 3.8) is 0 Å². The van der Waals surface area contributed by atoms with Crippen LogP contribution < -0.4 is 0 Å². The van der Waals surface area contributed by atoms with E-state index in [1.165, 1.54) is 0 Å². The molecule has 1 aliphatic rings. The van der Waals surface area contributed by atoms with Gasteiger partial charge in [0.25, 0.3) is 0 Å². The first kappa shape index (κ1) is 9.31. The molecule has 0 saturated heterocycles. The Kier molecular flexibility index (Phi) is 1.82. The molecule has 1 N–H and O–H groups in total. The number of rotatable bonds is 1. The molecule has 0 radical (unpaired) electrons. The SMILES string of the molecule is C#C[C@]1(O)C(C)=C(C)[C@@]1(C)OC. The van der Waals surface area contributed by atoms with E-state index in [2.05, 4.69) is 5.92 Å². The van der Waals surface area contributed by atoms with Gasteiger partial charge in [-0.15, -0.1) is 6.42 Å². The third-order valence-electron chi connectivity index (χ3n) is 3.13. The summed E-state index contributed by atoms with van der Waals surface area (Å²) in [4.78, 5) is 0. The first-order chi connectivity index (χ1) is 5.44. The Hall–Kier alpha value is -0.780. The third kappa shape index (κ3) is 0.682. The van der Waals surface area contributed by atoms with Gasteiger partial charge in [0.2, 0.25) is 0 Å². The molecule has 0 amide bonds. The lowest BCUT2D eigenvalue weighted by atomic mass is 9.63. The monoisotopic (exact) mass is 166 g/mol. The molecular formula is C10H14O2. The summed E-state index contributed by atoms with van der Waals surface area (Å²) in [6.07, 6.45) is 5.26. The lowest BCUT2D eigenvalue weighted by Gasteiger charge is -2.51. The molecule has 0 fully saturated rings. The van der Waals surface area contributed by atoms with Crippen LogP contribution in [0, 0.1) is 12.3 Å². The Morgan fingerprint density at radius 2 is 1.92 bits per heavy atom. The van der Waals surface area contributed by atoms with Gasteiger partial charge in [0.1, 0.15) is 5.60 Å². The molecule has 0 heterocycles. The van der Waals surface area contributed by atoms with Gasteiger partial charge in [0.15, 0.2) is 5.60 Å². The fourth-order valence-corrected chi connectivity index (χ4v) is 1.74. The number of hydrogen-bond donors (Lipinski definition) is 1. The lowest BCUT2D eigenvalue weighted by molar-refractivity contribution is -0.111. The summed E-state index contributed by atoms with van der Waals surface area (Å²) in [6.45, 7) is 5.55. The topological polar surface area (TPSA) is 29.5 Å². The van der Waals surface area contributed by atoms with Gasteiger partial charge < -0.3 is 9.84 Å². The van der Waals surface area contributed by atoms with Crippen LogP contribution in [0.4, 0.5) is 0 Å². The summed E-state index contributed by atoms with van der Waals surface area (Å²) in [5.41, 5.74) is -0.0719. The molecule has 0 aromatic heterocycles. The van der Waals surface area contributed by atoms with E-state index in [-0.39, 0.29) is 0 Å². The highest BCUT2D eigenvalue weighted by atomic mass is 16.5. The van der Waals surface area contributed by atoms with Crippen LogP contribution >= 0.6 is 0 Å². The second-order valence-corrected chi connectivity index (χ2v) is 3.34. The van der Waals surface area contributed by atoms with Crippen LogP contribution in [-0.2, 0) is 4.74 Å². The van der Waals surface area contributed by atoms with Gasteiger partial charge in [0.05, 0.1) is 0 Å². The molecule has 2 nitrogen and oxygen atoms in total. The average Bonchev–Trinajstić information content (AvgIpc) is 2.12. The Bertz CT molecular complexity index is 285. The van der Waals surface area contributed by atoms with Crippen LogP contribution in [0.5, 0.6) is 0 Å². The maximum Gasteiger partial charge on any atom is 0.179 e. The highest BCUT2D eigenvalue weighted by Gasteiger charge is 2.58. The fourth-order valence-electron chi connectivity index (χ4n) is 1.74. The molecule has 0 aromatic carbocycles. The third-order valence-corrected chi connectivity index (χ3v) is 3.13. The van der Waals surface area contributed by atoms with Crippen molar-refractivity contribution in [1.82, 2.24) is 0 Å². The summed E-state index contributed by atoms with van der Waals surface area (Å²) in [5.74, 6) is 2.37. The van der Waals surface area contributed by atoms with Gasteiger partial charge in [-0.3, -0.25) is 0 Å².